The van der Waals surface area contributed by atoms with Crippen LogP contribution in [-0.4, -0.2) is 34.7 Å². The molecule has 1 heterocycles. The summed E-state index contributed by atoms with van der Waals surface area (Å²) < 4.78 is 26.1. The fourth-order valence-electron chi connectivity index (χ4n) is 1.84. The van der Waals surface area contributed by atoms with Gasteiger partial charge in [-0.15, -0.1) is 0 Å². The predicted octanol–water partition coefficient (Wildman–Crippen LogP) is 1.06. The van der Waals surface area contributed by atoms with Crippen molar-refractivity contribution in [3.05, 3.63) is 48.0 Å². The van der Waals surface area contributed by atoms with Gasteiger partial charge in [-0.05, 0) is 17.7 Å². The number of hydrogen-bond donors (Lipinski definition) is 2. The van der Waals surface area contributed by atoms with Crippen LogP contribution in [0.5, 0.6) is 0 Å². The van der Waals surface area contributed by atoms with Crippen molar-refractivity contribution in [1.29, 1.82) is 0 Å². The average molecular weight is 324 g/mol. The molecule has 112 valence electrons. The van der Waals surface area contributed by atoms with Crippen LogP contribution in [0.3, 0.4) is 0 Å². The number of nitrogens with two attached hydrogens (primary N) is 1. The van der Waals surface area contributed by atoms with E-state index in [9.17, 15) is 8.42 Å². The molecule has 0 bridgehead atoms. The topological polar surface area (TPSA) is 92.1 Å². The molecule has 0 saturated carbocycles. The molecule has 0 spiro atoms. The van der Waals surface area contributed by atoms with Gasteiger partial charge in [-0.1, -0.05) is 24.4 Å². The molecule has 6 nitrogen and oxygen atoms in total. The lowest BCUT2D eigenvalue weighted by Gasteiger charge is -2.16. The molecule has 0 atom stereocenters. The molecule has 0 fully saturated rings. The number of thiocarbonyl (C=S) groups is 1. The lowest BCUT2D eigenvalue weighted by molar-refractivity contribution is 0.458. The van der Waals surface area contributed by atoms with Crippen molar-refractivity contribution in [2.75, 3.05) is 7.05 Å². The van der Waals surface area contributed by atoms with Crippen molar-refractivity contribution in [2.24, 2.45) is 5.73 Å². The number of benzene rings is 1. The molecule has 21 heavy (non-hydrogen) atoms. The average Bonchev–Trinajstić information content (AvgIpc) is 2.91. The zero-order valence-electron chi connectivity index (χ0n) is 11.5. The van der Waals surface area contributed by atoms with E-state index in [-0.39, 0.29) is 11.4 Å². The molecule has 1 aromatic heterocycles. The van der Waals surface area contributed by atoms with Crippen LogP contribution < -0.4 is 5.73 Å². The monoisotopic (exact) mass is 324 g/mol. The van der Waals surface area contributed by atoms with Crippen molar-refractivity contribution in [2.45, 2.75) is 17.9 Å². The second-order valence-electron chi connectivity index (χ2n) is 4.58. The minimum Gasteiger partial charge on any atom is -0.393 e. The summed E-state index contributed by atoms with van der Waals surface area (Å²) in [5.41, 5.74) is 6.35. The predicted molar refractivity (Wildman–Crippen MR) is 84.2 cm³/mol. The summed E-state index contributed by atoms with van der Waals surface area (Å²) in [6, 6.07) is 6.54. The third kappa shape index (κ3) is 3.87. The number of hydrogen-bond acceptors (Lipinski definition) is 4. The fraction of sp³-hybridized carbons (Fsp3) is 0.231. The SMILES string of the molecule is CN(Cc1ncc[nH]1)S(=O)(=O)c1ccc(CC(N)=S)cc1. The fourth-order valence-corrected chi connectivity index (χ4v) is 3.14. The summed E-state index contributed by atoms with van der Waals surface area (Å²) in [6.07, 6.45) is 3.69. The smallest absolute Gasteiger partial charge is 0.243 e. The number of nitrogens with zero attached hydrogens (tertiary/aromatic N) is 2. The Morgan fingerprint density at radius 1 is 1.38 bits per heavy atom. The molecular weight excluding hydrogens is 308 g/mol. The zero-order chi connectivity index (χ0) is 15.5. The Labute approximate surface area is 129 Å². The molecule has 2 aromatic rings. The molecule has 1 aromatic carbocycles. The number of nitrogens with one attached hydrogen (secondary N) is 1. The minimum absolute atomic E-state index is 0.184. The Kier molecular flexibility index (Phi) is 4.71. The summed E-state index contributed by atoms with van der Waals surface area (Å²) in [7, 11) is -2.04. The Morgan fingerprint density at radius 3 is 2.57 bits per heavy atom. The maximum Gasteiger partial charge on any atom is 0.243 e. The number of aromatic amines is 1. The Morgan fingerprint density at radius 2 is 2.05 bits per heavy atom. The highest BCUT2D eigenvalue weighted by Crippen LogP contribution is 2.16. The van der Waals surface area contributed by atoms with Crippen LogP contribution in [0.15, 0.2) is 41.6 Å². The van der Waals surface area contributed by atoms with Gasteiger partial charge in [0.05, 0.1) is 16.4 Å². The second-order valence-corrected chi connectivity index (χ2v) is 7.15. The normalized spacial score (nSPS) is 11.7. The maximum absolute atomic E-state index is 12.4. The van der Waals surface area contributed by atoms with E-state index in [2.05, 4.69) is 9.97 Å². The second kappa shape index (κ2) is 6.33. The summed E-state index contributed by atoms with van der Waals surface area (Å²) in [5.74, 6) is 0.589. The van der Waals surface area contributed by atoms with E-state index < -0.39 is 10.0 Å². The van der Waals surface area contributed by atoms with E-state index in [0.717, 1.165) is 5.56 Å². The van der Waals surface area contributed by atoms with Crippen LogP contribution in [0.25, 0.3) is 0 Å². The van der Waals surface area contributed by atoms with Gasteiger partial charge < -0.3 is 10.7 Å². The summed E-state index contributed by atoms with van der Waals surface area (Å²) in [5, 5.41) is 0. The Hall–Kier alpha value is -1.77. The lowest BCUT2D eigenvalue weighted by Crippen LogP contribution is -2.27. The number of imidazole rings is 1. The third-order valence-corrected chi connectivity index (χ3v) is 4.90. The van der Waals surface area contributed by atoms with Crippen LogP contribution in [0.2, 0.25) is 0 Å². The summed E-state index contributed by atoms with van der Waals surface area (Å²) in [4.78, 5) is 7.50. The summed E-state index contributed by atoms with van der Waals surface area (Å²) >= 11 is 4.83. The quantitative estimate of drug-likeness (QED) is 0.775. The molecule has 8 heteroatoms. The van der Waals surface area contributed by atoms with Gasteiger partial charge in [-0.25, -0.2) is 13.4 Å². The highest BCUT2D eigenvalue weighted by Gasteiger charge is 2.21. The van der Waals surface area contributed by atoms with E-state index in [4.69, 9.17) is 18.0 Å². The molecule has 0 unspecified atom stereocenters. The van der Waals surface area contributed by atoms with E-state index in [1.165, 1.54) is 11.4 Å². The highest BCUT2D eigenvalue weighted by atomic mass is 32.2. The van der Waals surface area contributed by atoms with Crippen molar-refractivity contribution < 1.29 is 8.42 Å². The first-order chi connectivity index (χ1) is 9.89. The van der Waals surface area contributed by atoms with Crippen molar-refractivity contribution in [3.63, 3.8) is 0 Å². The van der Waals surface area contributed by atoms with Gasteiger partial charge >= 0.3 is 0 Å². The molecule has 0 aliphatic carbocycles. The van der Waals surface area contributed by atoms with Crippen LogP contribution in [-0.2, 0) is 23.0 Å². The van der Waals surface area contributed by atoms with Gasteiger partial charge in [0.2, 0.25) is 10.0 Å². The Balaban J connectivity index is 2.16. The largest absolute Gasteiger partial charge is 0.393 e. The van der Waals surface area contributed by atoms with Crippen molar-refractivity contribution >= 4 is 27.2 Å². The molecule has 0 amide bonds. The number of rotatable bonds is 6. The summed E-state index contributed by atoms with van der Waals surface area (Å²) in [6.45, 7) is 0.184. The zero-order valence-corrected chi connectivity index (χ0v) is 13.1. The van der Waals surface area contributed by atoms with E-state index in [1.54, 1.807) is 36.7 Å². The molecule has 0 aliphatic heterocycles. The van der Waals surface area contributed by atoms with Gasteiger partial charge in [0.25, 0.3) is 0 Å². The number of sulfonamides is 1. The minimum atomic E-state index is -3.55. The van der Waals surface area contributed by atoms with Crippen molar-refractivity contribution in [1.82, 2.24) is 14.3 Å². The standard InChI is InChI=1S/C13H16N4O2S2/c1-17(9-13-15-6-7-16-13)21(18,19)11-4-2-10(3-5-11)8-12(14)20/h2-7H,8-9H2,1H3,(H2,14,20)(H,15,16). The van der Waals surface area contributed by atoms with Crippen molar-refractivity contribution in [3.8, 4) is 0 Å². The highest BCUT2D eigenvalue weighted by molar-refractivity contribution is 7.89. The first-order valence-corrected chi connectivity index (χ1v) is 8.06. The van der Waals surface area contributed by atoms with E-state index in [1.807, 2.05) is 0 Å². The van der Waals surface area contributed by atoms with E-state index in [0.29, 0.717) is 17.2 Å². The molecule has 0 radical (unpaired) electrons. The first kappa shape index (κ1) is 15.6. The van der Waals surface area contributed by atoms with Gasteiger partial charge in [-0.2, -0.15) is 4.31 Å². The van der Waals surface area contributed by atoms with Gasteiger partial charge in [-0.3, -0.25) is 0 Å². The molecule has 0 aliphatic rings. The number of aromatic nitrogens is 2. The van der Waals surface area contributed by atoms with E-state index >= 15 is 0 Å². The Bertz CT molecular complexity index is 709. The third-order valence-electron chi connectivity index (χ3n) is 2.94. The molecule has 3 N–H and O–H groups in total. The van der Waals surface area contributed by atoms with Gasteiger partial charge in [0.1, 0.15) is 5.82 Å². The molecular formula is C13H16N4O2S2. The van der Waals surface area contributed by atoms with Crippen LogP contribution in [0, 0.1) is 0 Å². The molecule has 0 saturated heterocycles. The van der Waals surface area contributed by atoms with Crippen LogP contribution >= 0.6 is 12.2 Å². The first-order valence-electron chi connectivity index (χ1n) is 6.21. The lowest BCUT2D eigenvalue weighted by atomic mass is 10.1. The maximum atomic E-state index is 12.4. The van der Waals surface area contributed by atoms with Crippen LogP contribution in [0.1, 0.15) is 11.4 Å². The van der Waals surface area contributed by atoms with Gasteiger partial charge in [0.15, 0.2) is 0 Å². The number of H-pyrrole nitrogens is 1. The van der Waals surface area contributed by atoms with Gasteiger partial charge in [0, 0.05) is 25.9 Å². The molecule has 2 rings (SSSR count). The van der Waals surface area contributed by atoms with Crippen LogP contribution in [0.4, 0.5) is 0 Å².